The highest BCUT2D eigenvalue weighted by Gasteiger charge is 2.16. The Bertz CT molecular complexity index is 1540. The van der Waals surface area contributed by atoms with Gasteiger partial charge < -0.3 is 15.6 Å². The molecule has 172 valence electrons. The number of nitrogens with one attached hydrogen (secondary N) is 3. The molecule has 0 aliphatic heterocycles. The van der Waals surface area contributed by atoms with Crippen LogP contribution in [0.1, 0.15) is 23.7 Å². The topological polar surface area (TPSA) is 82.7 Å². The Morgan fingerprint density at radius 3 is 2.79 bits per heavy atom. The van der Waals surface area contributed by atoms with Crippen LogP contribution in [0.3, 0.4) is 0 Å². The average Bonchev–Trinajstić information content (AvgIpc) is 3.39. The molecule has 3 aromatic heterocycles. The molecule has 0 fully saturated rings. The fourth-order valence-electron chi connectivity index (χ4n) is 4.37. The van der Waals surface area contributed by atoms with Crippen molar-refractivity contribution in [3.8, 4) is 10.4 Å². The summed E-state index contributed by atoms with van der Waals surface area (Å²) in [5, 5.41) is 7.30. The number of H-pyrrole nitrogens is 1. The predicted molar refractivity (Wildman–Crippen MR) is 137 cm³/mol. The minimum absolute atomic E-state index is 0.113. The average molecular weight is 474 g/mol. The molecule has 0 aliphatic rings. The molecule has 1 amide bonds. The molecule has 5 aromatic rings. The summed E-state index contributed by atoms with van der Waals surface area (Å²) in [5.74, 6) is 0.420. The molecular formula is C26H24FN5OS. The Hall–Kier alpha value is -3.78. The van der Waals surface area contributed by atoms with Gasteiger partial charge >= 0.3 is 0 Å². The highest BCUT2D eigenvalue weighted by Crippen LogP contribution is 2.38. The molecule has 0 saturated heterocycles. The Kier molecular flexibility index (Phi) is 5.75. The molecule has 6 nitrogen and oxygen atoms in total. The van der Waals surface area contributed by atoms with Crippen molar-refractivity contribution < 1.29 is 9.18 Å². The lowest BCUT2D eigenvalue weighted by Gasteiger charge is -2.08. The van der Waals surface area contributed by atoms with E-state index < -0.39 is 0 Å². The number of aromatic amines is 1. The van der Waals surface area contributed by atoms with E-state index >= 15 is 0 Å². The Morgan fingerprint density at radius 2 is 1.97 bits per heavy atom. The van der Waals surface area contributed by atoms with Gasteiger partial charge in [-0.25, -0.2) is 14.4 Å². The number of aryl methyl sites for hydroxylation is 2. The predicted octanol–water partition coefficient (Wildman–Crippen LogP) is 6.21. The first-order chi connectivity index (χ1) is 16.4. The number of hydrogen-bond acceptors (Lipinski definition) is 5. The van der Waals surface area contributed by atoms with Crippen LogP contribution in [0, 0.1) is 19.7 Å². The van der Waals surface area contributed by atoms with E-state index in [4.69, 9.17) is 0 Å². The van der Waals surface area contributed by atoms with E-state index in [1.54, 1.807) is 17.7 Å². The molecule has 0 spiro atoms. The summed E-state index contributed by atoms with van der Waals surface area (Å²) < 4.78 is 15.2. The van der Waals surface area contributed by atoms with E-state index in [1.807, 2.05) is 50.2 Å². The highest BCUT2D eigenvalue weighted by atomic mass is 32.1. The number of carbonyl (C=O) groups excluding carboxylic acids is 1. The van der Waals surface area contributed by atoms with Crippen molar-refractivity contribution in [3.63, 3.8) is 0 Å². The summed E-state index contributed by atoms with van der Waals surface area (Å²) in [5.41, 5.74) is 6.27. The van der Waals surface area contributed by atoms with Gasteiger partial charge in [0.1, 0.15) is 18.0 Å². The molecule has 34 heavy (non-hydrogen) atoms. The summed E-state index contributed by atoms with van der Waals surface area (Å²) in [6, 6.07) is 13.1. The molecule has 8 heteroatoms. The van der Waals surface area contributed by atoms with Gasteiger partial charge in [-0.05, 0) is 49.6 Å². The lowest BCUT2D eigenvalue weighted by Crippen LogP contribution is -2.07. The molecule has 3 N–H and O–H groups in total. The standard InChI is InChI=1S/C26H24FN5OS/c1-14-8-9-19(27)24-23(14)17(15(2)31-24)10-11-28-26-25-21(29-13-30-26)12-22(34-25)18-6-4-5-7-20(18)32-16(3)33/h4-9,12-13,31H,10-11H2,1-3H3,(H,32,33)(H,28,29,30). The minimum Gasteiger partial charge on any atom is -0.368 e. The van der Waals surface area contributed by atoms with Crippen LogP contribution < -0.4 is 10.6 Å². The molecule has 3 heterocycles. The zero-order chi connectivity index (χ0) is 23.8. The van der Waals surface area contributed by atoms with Gasteiger partial charge in [0.15, 0.2) is 0 Å². The number of thiophene rings is 1. The van der Waals surface area contributed by atoms with Gasteiger partial charge in [0.25, 0.3) is 0 Å². The number of para-hydroxylation sites is 1. The monoisotopic (exact) mass is 473 g/mol. The number of rotatable bonds is 6. The molecule has 0 saturated carbocycles. The molecule has 0 unspecified atom stereocenters. The molecule has 0 bridgehead atoms. The summed E-state index contributed by atoms with van der Waals surface area (Å²) in [6.07, 6.45) is 2.28. The number of hydrogen-bond donors (Lipinski definition) is 3. The molecule has 5 rings (SSSR count). The van der Waals surface area contributed by atoms with E-state index in [9.17, 15) is 9.18 Å². The molecule has 0 atom stereocenters. The van der Waals surface area contributed by atoms with Crippen molar-refractivity contribution in [3.05, 3.63) is 71.4 Å². The minimum atomic E-state index is -0.230. The molecule has 0 radical (unpaired) electrons. The number of aromatic nitrogens is 3. The van der Waals surface area contributed by atoms with Crippen LogP contribution in [0.5, 0.6) is 0 Å². The van der Waals surface area contributed by atoms with Crippen LogP contribution in [0.2, 0.25) is 0 Å². The summed E-state index contributed by atoms with van der Waals surface area (Å²) >= 11 is 1.58. The fraction of sp³-hybridized carbons (Fsp3) is 0.192. The van der Waals surface area contributed by atoms with E-state index in [-0.39, 0.29) is 11.7 Å². The van der Waals surface area contributed by atoms with Crippen LogP contribution in [0.4, 0.5) is 15.9 Å². The first-order valence-electron chi connectivity index (χ1n) is 11.0. The zero-order valence-corrected chi connectivity index (χ0v) is 19.9. The maximum Gasteiger partial charge on any atom is 0.221 e. The molecular weight excluding hydrogens is 449 g/mol. The van der Waals surface area contributed by atoms with Gasteiger partial charge in [0.05, 0.1) is 15.7 Å². The Morgan fingerprint density at radius 1 is 1.15 bits per heavy atom. The second-order valence-electron chi connectivity index (χ2n) is 8.29. The number of benzene rings is 2. The molecule has 0 aliphatic carbocycles. The third-order valence-electron chi connectivity index (χ3n) is 5.91. The quantitative estimate of drug-likeness (QED) is 0.274. The third kappa shape index (κ3) is 4.01. The number of anilines is 2. The second-order valence-corrected chi connectivity index (χ2v) is 9.35. The van der Waals surface area contributed by atoms with Gasteiger partial charge in [-0.3, -0.25) is 4.79 Å². The van der Waals surface area contributed by atoms with Gasteiger partial charge in [-0.1, -0.05) is 24.3 Å². The second kappa shape index (κ2) is 8.87. The van der Waals surface area contributed by atoms with Crippen molar-refractivity contribution in [2.75, 3.05) is 17.2 Å². The highest BCUT2D eigenvalue weighted by molar-refractivity contribution is 7.22. The van der Waals surface area contributed by atoms with Crippen LogP contribution in [0.15, 0.2) is 48.8 Å². The maximum absolute atomic E-state index is 14.3. The largest absolute Gasteiger partial charge is 0.368 e. The first-order valence-corrected chi connectivity index (χ1v) is 11.9. The first kappa shape index (κ1) is 22.0. The number of nitrogens with zero attached hydrogens (tertiary/aromatic N) is 2. The maximum atomic E-state index is 14.3. The normalized spacial score (nSPS) is 11.3. The summed E-state index contributed by atoms with van der Waals surface area (Å²) in [7, 11) is 0. The van der Waals surface area contributed by atoms with Gasteiger partial charge in [-0.15, -0.1) is 11.3 Å². The number of halogens is 1. The van der Waals surface area contributed by atoms with Crippen LogP contribution in [-0.2, 0) is 11.2 Å². The van der Waals surface area contributed by atoms with Crippen molar-refractivity contribution in [1.29, 1.82) is 0 Å². The summed E-state index contributed by atoms with van der Waals surface area (Å²) in [4.78, 5) is 24.7. The lowest BCUT2D eigenvalue weighted by atomic mass is 10.0. The van der Waals surface area contributed by atoms with Crippen LogP contribution >= 0.6 is 11.3 Å². The lowest BCUT2D eigenvalue weighted by molar-refractivity contribution is -0.114. The van der Waals surface area contributed by atoms with E-state index in [0.29, 0.717) is 12.1 Å². The van der Waals surface area contributed by atoms with Gasteiger partial charge in [0, 0.05) is 40.7 Å². The van der Waals surface area contributed by atoms with Crippen LogP contribution in [-0.4, -0.2) is 27.4 Å². The number of amides is 1. The Labute approximate surface area is 200 Å². The van der Waals surface area contributed by atoms with E-state index in [2.05, 4.69) is 25.6 Å². The zero-order valence-electron chi connectivity index (χ0n) is 19.1. The van der Waals surface area contributed by atoms with E-state index in [0.717, 1.165) is 60.8 Å². The smallest absolute Gasteiger partial charge is 0.221 e. The Balaban J connectivity index is 1.42. The van der Waals surface area contributed by atoms with Gasteiger partial charge in [0.2, 0.25) is 5.91 Å². The van der Waals surface area contributed by atoms with Crippen molar-refractivity contribution in [1.82, 2.24) is 15.0 Å². The fourth-order valence-corrected chi connectivity index (χ4v) is 5.49. The van der Waals surface area contributed by atoms with Crippen molar-refractivity contribution in [2.24, 2.45) is 0 Å². The SMILES string of the molecule is CC(=O)Nc1ccccc1-c1cc2ncnc(NCCc3c(C)[nH]c4c(F)ccc(C)c34)c2s1. The van der Waals surface area contributed by atoms with E-state index in [1.165, 1.54) is 13.0 Å². The number of fused-ring (bicyclic) bond motifs is 2. The number of carbonyl (C=O) groups is 1. The van der Waals surface area contributed by atoms with Crippen molar-refractivity contribution in [2.45, 2.75) is 27.2 Å². The molecule has 2 aromatic carbocycles. The van der Waals surface area contributed by atoms with Crippen LogP contribution in [0.25, 0.3) is 31.6 Å². The third-order valence-corrected chi connectivity index (χ3v) is 7.08. The van der Waals surface area contributed by atoms with Crippen molar-refractivity contribution >= 4 is 49.9 Å². The summed E-state index contributed by atoms with van der Waals surface area (Å²) in [6.45, 7) is 6.13. The van der Waals surface area contributed by atoms with Gasteiger partial charge in [-0.2, -0.15) is 0 Å².